The third-order valence-electron chi connectivity index (χ3n) is 2.71. The summed E-state index contributed by atoms with van der Waals surface area (Å²) in [5.74, 6) is 0.171. The molecule has 1 N–H and O–H groups in total. The molecule has 0 aromatic carbocycles. The average Bonchev–Trinajstić information content (AvgIpc) is 2.15. The van der Waals surface area contributed by atoms with E-state index in [2.05, 4.69) is 19.2 Å². The fourth-order valence-corrected chi connectivity index (χ4v) is 2.14. The summed E-state index contributed by atoms with van der Waals surface area (Å²) in [6, 6.07) is 0.764. The number of amides is 1. The molecule has 4 nitrogen and oxygen atoms in total. The van der Waals surface area contributed by atoms with Gasteiger partial charge < -0.3 is 15.0 Å². The summed E-state index contributed by atoms with van der Waals surface area (Å²) in [5, 5.41) is 3.41. The Hall–Kier alpha value is -0.610. The van der Waals surface area contributed by atoms with Gasteiger partial charge >= 0.3 is 0 Å². The molecule has 1 rings (SSSR count). The molecule has 4 heteroatoms. The second kappa shape index (κ2) is 5.47. The molecule has 0 aromatic heterocycles. The van der Waals surface area contributed by atoms with Crippen molar-refractivity contribution in [3.63, 3.8) is 0 Å². The number of ether oxygens (including phenoxy) is 1. The summed E-state index contributed by atoms with van der Waals surface area (Å²) in [5.41, 5.74) is 0. The van der Waals surface area contributed by atoms with Crippen LogP contribution in [0, 0.1) is 5.92 Å². The predicted octanol–water partition coefficient (Wildman–Crippen LogP) is 0.478. The average molecular weight is 214 g/mol. The highest BCUT2D eigenvalue weighted by Gasteiger charge is 2.27. The molecule has 3 unspecified atom stereocenters. The van der Waals surface area contributed by atoms with Crippen LogP contribution in [0.1, 0.15) is 20.8 Å². The van der Waals surface area contributed by atoms with Crippen molar-refractivity contribution in [2.75, 3.05) is 26.8 Å². The van der Waals surface area contributed by atoms with Crippen molar-refractivity contribution in [3.05, 3.63) is 0 Å². The van der Waals surface area contributed by atoms with E-state index in [4.69, 9.17) is 4.74 Å². The van der Waals surface area contributed by atoms with E-state index in [0.717, 1.165) is 13.1 Å². The molecule has 1 aliphatic rings. The Morgan fingerprint density at radius 2 is 2.00 bits per heavy atom. The van der Waals surface area contributed by atoms with Gasteiger partial charge in [-0.25, -0.2) is 0 Å². The molecule has 0 bridgehead atoms. The van der Waals surface area contributed by atoms with Crippen LogP contribution in [-0.4, -0.2) is 49.7 Å². The number of carbonyl (C=O) groups is 1. The lowest BCUT2D eigenvalue weighted by molar-refractivity contribution is -0.138. The summed E-state index contributed by atoms with van der Waals surface area (Å²) in [6.07, 6.45) is 0. The van der Waals surface area contributed by atoms with Gasteiger partial charge in [-0.15, -0.1) is 0 Å². The van der Waals surface area contributed by atoms with Gasteiger partial charge in [-0.05, 0) is 13.8 Å². The third-order valence-corrected chi connectivity index (χ3v) is 2.71. The van der Waals surface area contributed by atoms with Gasteiger partial charge in [0.2, 0.25) is 5.91 Å². The Morgan fingerprint density at radius 3 is 2.47 bits per heavy atom. The lowest BCUT2D eigenvalue weighted by atomic mass is 10.1. The van der Waals surface area contributed by atoms with Crippen molar-refractivity contribution >= 4 is 5.91 Å². The monoisotopic (exact) mass is 214 g/mol. The van der Waals surface area contributed by atoms with Crippen LogP contribution in [0.4, 0.5) is 0 Å². The molecule has 15 heavy (non-hydrogen) atoms. The predicted molar refractivity (Wildman–Crippen MR) is 59.7 cm³/mol. The highest BCUT2D eigenvalue weighted by molar-refractivity contribution is 5.78. The molecule has 1 saturated heterocycles. The molecule has 0 spiro atoms. The van der Waals surface area contributed by atoms with Gasteiger partial charge in [-0.1, -0.05) is 6.92 Å². The van der Waals surface area contributed by atoms with Crippen molar-refractivity contribution < 1.29 is 9.53 Å². The maximum absolute atomic E-state index is 12.0. The Morgan fingerprint density at radius 1 is 1.47 bits per heavy atom. The zero-order valence-electron chi connectivity index (χ0n) is 10.1. The van der Waals surface area contributed by atoms with Crippen LogP contribution in [0.2, 0.25) is 0 Å². The standard InChI is InChI=1S/C11H22N2O2/c1-8(7-15-4)11(14)13-5-9(2)12-10(3)6-13/h8-10,12H,5-7H2,1-4H3. The number of nitrogens with zero attached hydrogens (tertiary/aromatic N) is 1. The summed E-state index contributed by atoms with van der Waals surface area (Å²) >= 11 is 0. The SMILES string of the molecule is COCC(C)C(=O)N1CC(C)NC(C)C1. The van der Waals surface area contributed by atoms with Gasteiger partial charge in [0.1, 0.15) is 0 Å². The van der Waals surface area contributed by atoms with E-state index in [1.54, 1.807) is 7.11 Å². The Labute approximate surface area is 92.0 Å². The van der Waals surface area contributed by atoms with Crippen LogP contribution in [0.25, 0.3) is 0 Å². The lowest BCUT2D eigenvalue weighted by Gasteiger charge is -2.37. The molecule has 1 heterocycles. The third kappa shape index (κ3) is 3.47. The highest BCUT2D eigenvalue weighted by atomic mass is 16.5. The topological polar surface area (TPSA) is 41.6 Å². The molecule has 1 amide bonds. The molecule has 0 aliphatic carbocycles. The minimum absolute atomic E-state index is 0.0347. The van der Waals surface area contributed by atoms with E-state index in [0.29, 0.717) is 18.7 Å². The number of hydrogen-bond donors (Lipinski definition) is 1. The van der Waals surface area contributed by atoms with E-state index in [9.17, 15) is 4.79 Å². The first-order valence-electron chi connectivity index (χ1n) is 5.58. The smallest absolute Gasteiger partial charge is 0.227 e. The zero-order valence-corrected chi connectivity index (χ0v) is 10.1. The fourth-order valence-electron chi connectivity index (χ4n) is 2.14. The molecule has 1 aliphatic heterocycles. The zero-order chi connectivity index (χ0) is 11.4. The van der Waals surface area contributed by atoms with Crippen LogP contribution in [0.15, 0.2) is 0 Å². The largest absolute Gasteiger partial charge is 0.384 e. The summed E-state index contributed by atoms with van der Waals surface area (Å²) in [7, 11) is 1.63. The molecule has 88 valence electrons. The maximum atomic E-state index is 12.0. The van der Waals surface area contributed by atoms with Gasteiger partial charge in [0.25, 0.3) is 0 Å². The van der Waals surface area contributed by atoms with E-state index in [-0.39, 0.29) is 11.8 Å². The normalized spacial score (nSPS) is 28.9. The second-order valence-electron chi connectivity index (χ2n) is 4.57. The Bertz CT molecular complexity index is 211. The summed E-state index contributed by atoms with van der Waals surface area (Å²) < 4.78 is 5.01. The number of piperazine rings is 1. The summed E-state index contributed by atoms with van der Waals surface area (Å²) in [4.78, 5) is 13.9. The van der Waals surface area contributed by atoms with Crippen molar-refractivity contribution in [3.8, 4) is 0 Å². The minimum atomic E-state index is -0.0347. The second-order valence-corrected chi connectivity index (χ2v) is 4.57. The van der Waals surface area contributed by atoms with Crippen LogP contribution in [0.3, 0.4) is 0 Å². The van der Waals surface area contributed by atoms with Gasteiger partial charge in [0.15, 0.2) is 0 Å². The molecule has 3 atom stereocenters. The molecular weight excluding hydrogens is 192 g/mol. The van der Waals surface area contributed by atoms with Gasteiger partial charge in [-0.2, -0.15) is 0 Å². The first kappa shape index (κ1) is 12.5. The van der Waals surface area contributed by atoms with Gasteiger partial charge in [-0.3, -0.25) is 4.79 Å². The van der Waals surface area contributed by atoms with Crippen molar-refractivity contribution in [1.29, 1.82) is 0 Å². The summed E-state index contributed by atoms with van der Waals surface area (Å²) in [6.45, 7) is 8.25. The van der Waals surface area contributed by atoms with Crippen LogP contribution < -0.4 is 5.32 Å². The molecule has 0 saturated carbocycles. The highest BCUT2D eigenvalue weighted by Crippen LogP contribution is 2.09. The number of methoxy groups -OCH3 is 1. The van der Waals surface area contributed by atoms with E-state index in [1.165, 1.54) is 0 Å². The first-order valence-corrected chi connectivity index (χ1v) is 5.58. The number of nitrogens with one attached hydrogen (secondary N) is 1. The maximum Gasteiger partial charge on any atom is 0.227 e. The Balaban J connectivity index is 2.51. The molecular formula is C11H22N2O2. The van der Waals surface area contributed by atoms with Crippen LogP contribution >= 0.6 is 0 Å². The van der Waals surface area contributed by atoms with Crippen LogP contribution in [0.5, 0.6) is 0 Å². The van der Waals surface area contributed by atoms with Crippen molar-refractivity contribution in [1.82, 2.24) is 10.2 Å². The van der Waals surface area contributed by atoms with Gasteiger partial charge in [0.05, 0.1) is 12.5 Å². The van der Waals surface area contributed by atoms with Gasteiger partial charge in [0, 0.05) is 32.3 Å². The quantitative estimate of drug-likeness (QED) is 0.743. The van der Waals surface area contributed by atoms with Crippen molar-refractivity contribution in [2.24, 2.45) is 5.92 Å². The van der Waals surface area contributed by atoms with E-state index < -0.39 is 0 Å². The number of carbonyl (C=O) groups excluding carboxylic acids is 1. The van der Waals surface area contributed by atoms with Crippen molar-refractivity contribution in [2.45, 2.75) is 32.9 Å². The fraction of sp³-hybridized carbons (Fsp3) is 0.909. The molecule has 0 aromatic rings. The minimum Gasteiger partial charge on any atom is -0.384 e. The molecule has 0 radical (unpaired) electrons. The number of rotatable bonds is 3. The Kier molecular flexibility index (Phi) is 4.54. The van der Waals surface area contributed by atoms with Crippen LogP contribution in [-0.2, 0) is 9.53 Å². The molecule has 1 fully saturated rings. The lowest BCUT2D eigenvalue weighted by Crippen LogP contribution is -2.57. The number of hydrogen-bond acceptors (Lipinski definition) is 3. The van der Waals surface area contributed by atoms with E-state index >= 15 is 0 Å². The van der Waals surface area contributed by atoms with E-state index in [1.807, 2.05) is 11.8 Å². The first-order chi connectivity index (χ1) is 7.04.